The van der Waals surface area contributed by atoms with Gasteiger partial charge in [0.25, 0.3) is 0 Å². The third-order valence-electron chi connectivity index (χ3n) is 4.91. The van der Waals surface area contributed by atoms with Crippen molar-refractivity contribution in [3.63, 3.8) is 0 Å². The molecule has 1 aromatic carbocycles. The Kier molecular flexibility index (Phi) is 6.21. The number of hydrogen-bond donors (Lipinski definition) is 2. The molecule has 7 heteroatoms. The van der Waals surface area contributed by atoms with Gasteiger partial charge in [0.05, 0.1) is 0 Å². The number of carbonyl (C=O) groups excluding carboxylic acids is 1. The van der Waals surface area contributed by atoms with Crippen LogP contribution < -0.4 is 16.0 Å². The smallest absolute Gasteiger partial charge is 0.222 e. The number of nitrogens with zero attached hydrogens (tertiary/aromatic N) is 3. The zero-order valence-electron chi connectivity index (χ0n) is 15.6. The molecule has 6 nitrogen and oxygen atoms in total. The summed E-state index contributed by atoms with van der Waals surface area (Å²) >= 11 is 0. The molecule has 27 heavy (non-hydrogen) atoms. The maximum absolute atomic E-state index is 13.6. The molecule has 2 heterocycles. The minimum absolute atomic E-state index is 0.0440. The highest BCUT2D eigenvalue weighted by Crippen LogP contribution is 2.25. The van der Waals surface area contributed by atoms with Crippen molar-refractivity contribution < 1.29 is 9.18 Å². The molecule has 0 bridgehead atoms. The van der Waals surface area contributed by atoms with E-state index in [1.165, 1.54) is 6.07 Å². The molecular formula is C20H26FN5O. The van der Waals surface area contributed by atoms with Crippen molar-refractivity contribution in [2.24, 2.45) is 5.92 Å². The van der Waals surface area contributed by atoms with Crippen LogP contribution in [0.1, 0.15) is 36.9 Å². The number of nitrogen functional groups attached to an aromatic ring is 1. The summed E-state index contributed by atoms with van der Waals surface area (Å²) in [4.78, 5) is 22.8. The van der Waals surface area contributed by atoms with Crippen LogP contribution in [0.3, 0.4) is 0 Å². The van der Waals surface area contributed by atoms with Gasteiger partial charge in [0.15, 0.2) is 0 Å². The van der Waals surface area contributed by atoms with E-state index in [2.05, 4.69) is 20.2 Å². The first kappa shape index (κ1) is 19.1. The quantitative estimate of drug-likeness (QED) is 0.816. The minimum Gasteiger partial charge on any atom is -0.368 e. The van der Waals surface area contributed by atoms with E-state index in [1.54, 1.807) is 18.2 Å². The van der Waals surface area contributed by atoms with Crippen molar-refractivity contribution in [1.82, 2.24) is 15.3 Å². The number of benzene rings is 1. The molecule has 1 fully saturated rings. The number of amides is 1. The van der Waals surface area contributed by atoms with Gasteiger partial charge in [0.1, 0.15) is 11.6 Å². The van der Waals surface area contributed by atoms with E-state index < -0.39 is 0 Å². The van der Waals surface area contributed by atoms with Gasteiger partial charge in [0.2, 0.25) is 11.9 Å². The third-order valence-corrected chi connectivity index (χ3v) is 4.91. The fourth-order valence-corrected chi connectivity index (χ4v) is 3.50. The van der Waals surface area contributed by atoms with E-state index in [1.807, 2.05) is 13.0 Å². The van der Waals surface area contributed by atoms with Crippen molar-refractivity contribution in [2.75, 3.05) is 23.7 Å². The summed E-state index contributed by atoms with van der Waals surface area (Å²) in [5.74, 6) is 1.24. The van der Waals surface area contributed by atoms with Gasteiger partial charge in [-0.3, -0.25) is 4.79 Å². The van der Waals surface area contributed by atoms with Gasteiger partial charge >= 0.3 is 0 Å². The van der Waals surface area contributed by atoms with Crippen molar-refractivity contribution >= 4 is 17.7 Å². The largest absolute Gasteiger partial charge is 0.368 e. The van der Waals surface area contributed by atoms with Crippen LogP contribution in [0.15, 0.2) is 30.3 Å². The molecule has 1 amide bonds. The highest BCUT2D eigenvalue weighted by atomic mass is 19.1. The topological polar surface area (TPSA) is 84.1 Å². The number of carbonyl (C=O) groups is 1. The van der Waals surface area contributed by atoms with Crippen LogP contribution in [0.5, 0.6) is 0 Å². The molecule has 0 unspecified atom stereocenters. The summed E-state index contributed by atoms with van der Waals surface area (Å²) in [5.41, 5.74) is 7.12. The van der Waals surface area contributed by atoms with E-state index in [0.29, 0.717) is 23.9 Å². The summed E-state index contributed by atoms with van der Waals surface area (Å²) < 4.78 is 13.6. The summed E-state index contributed by atoms with van der Waals surface area (Å²) in [5, 5.41) is 2.81. The van der Waals surface area contributed by atoms with Gasteiger partial charge in [-0.2, -0.15) is 4.98 Å². The molecule has 144 valence electrons. The van der Waals surface area contributed by atoms with Crippen LogP contribution in [0.2, 0.25) is 0 Å². The summed E-state index contributed by atoms with van der Waals surface area (Å²) in [7, 11) is 0. The number of halogens is 1. The van der Waals surface area contributed by atoms with Gasteiger partial charge in [-0.05, 0) is 38.2 Å². The third kappa shape index (κ3) is 5.39. The maximum Gasteiger partial charge on any atom is 0.222 e. The monoisotopic (exact) mass is 371 g/mol. The molecule has 1 aromatic heterocycles. The number of hydrogen-bond acceptors (Lipinski definition) is 5. The number of nitrogens with one attached hydrogen (secondary N) is 1. The highest BCUT2D eigenvalue weighted by molar-refractivity contribution is 5.75. The first-order valence-electron chi connectivity index (χ1n) is 9.37. The lowest BCUT2D eigenvalue weighted by Crippen LogP contribution is -2.36. The number of anilines is 2. The molecule has 3 rings (SSSR count). The van der Waals surface area contributed by atoms with E-state index in [-0.39, 0.29) is 18.3 Å². The summed E-state index contributed by atoms with van der Waals surface area (Å²) in [6, 6.07) is 8.44. The van der Waals surface area contributed by atoms with E-state index in [0.717, 1.165) is 43.9 Å². The number of piperidine rings is 1. The van der Waals surface area contributed by atoms with Gasteiger partial charge in [0, 0.05) is 43.4 Å². The molecule has 1 aliphatic heterocycles. The van der Waals surface area contributed by atoms with Crippen LogP contribution in [0.25, 0.3) is 0 Å². The Bertz CT molecular complexity index is 777. The molecule has 0 radical (unpaired) electrons. The number of rotatable bonds is 6. The molecule has 3 N–H and O–H groups in total. The van der Waals surface area contributed by atoms with Crippen LogP contribution in [-0.4, -0.2) is 29.0 Å². The normalized spacial score (nSPS) is 17.0. The van der Waals surface area contributed by atoms with Crippen LogP contribution in [0, 0.1) is 18.7 Å². The van der Waals surface area contributed by atoms with Crippen molar-refractivity contribution in [3.05, 3.63) is 47.4 Å². The van der Waals surface area contributed by atoms with E-state index in [4.69, 9.17) is 5.73 Å². The number of nitrogens with two attached hydrogens (primary N) is 1. The molecule has 1 aliphatic rings. The minimum atomic E-state index is -0.292. The summed E-state index contributed by atoms with van der Waals surface area (Å²) in [6.07, 6.45) is 3.40. The van der Waals surface area contributed by atoms with Crippen LogP contribution in [-0.2, 0) is 11.3 Å². The lowest BCUT2D eigenvalue weighted by atomic mass is 9.93. The van der Waals surface area contributed by atoms with Crippen molar-refractivity contribution in [1.29, 1.82) is 0 Å². The lowest BCUT2D eigenvalue weighted by Gasteiger charge is -2.33. The maximum atomic E-state index is 13.6. The zero-order valence-corrected chi connectivity index (χ0v) is 15.6. The average molecular weight is 371 g/mol. The highest BCUT2D eigenvalue weighted by Gasteiger charge is 2.22. The molecule has 1 atom stereocenters. The molecule has 1 saturated heterocycles. The molecule has 0 aliphatic carbocycles. The predicted molar refractivity (Wildman–Crippen MR) is 104 cm³/mol. The average Bonchev–Trinajstić information content (AvgIpc) is 2.65. The van der Waals surface area contributed by atoms with Gasteiger partial charge in [-0.1, -0.05) is 18.2 Å². The first-order chi connectivity index (χ1) is 13.0. The van der Waals surface area contributed by atoms with Gasteiger partial charge < -0.3 is 16.0 Å². The van der Waals surface area contributed by atoms with E-state index >= 15 is 0 Å². The Balaban J connectivity index is 1.47. The fraction of sp³-hybridized carbons (Fsp3) is 0.450. The first-order valence-corrected chi connectivity index (χ1v) is 9.37. The van der Waals surface area contributed by atoms with E-state index in [9.17, 15) is 9.18 Å². The van der Waals surface area contributed by atoms with Crippen molar-refractivity contribution in [2.45, 2.75) is 39.2 Å². The summed E-state index contributed by atoms with van der Waals surface area (Å²) in [6.45, 7) is 3.92. The Morgan fingerprint density at radius 3 is 2.96 bits per heavy atom. The number of aromatic nitrogens is 2. The lowest BCUT2D eigenvalue weighted by molar-refractivity contribution is -0.121. The van der Waals surface area contributed by atoms with Gasteiger partial charge in [-0.15, -0.1) is 0 Å². The standard InChI is InChI=1S/C20H26FN5O/c1-14-11-18(25-20(22)24-14)26-10-4-5-15(13-26)8-9-19(27)23-12-16-6-2-3-7-17(16)21/h2-3,6-7,11,15H,4-5,8-10,12-13H2,1H3,(H,23,27)(H2,22,24,25)/t15-/m0/s1. The Morgan fingerprint density at radius 1 is 1.37 bits per heavy atom. The van der Waals surface area contributed by atoms with Gasteiger partial charge in [-0.25, -0.2) is 9.37 Å². The second-order valence-electron chi connectivity index (χ2n) is 7.09. The Hall–Kier alpha value is -2.70. The van der Waals surface area contributed by atoms with Crippen LogP contribution >= 0.6 is 0 Å². The molecular weight excluding hydrogens is 345 g/mol. The second-order valence-corrected chi connectivity index (χ2v) is 7.09. The molecule has 0 saturated carbocycles. The molecule has 0 spiro atoms. The Morgan fingerprint density at radius 2 is 2.19 bits per heavy atom. The second kappa shape index (κ2) is 8.79. The SMILES string of the molecule is Cc1cc(N2CCC[C@@H](CCC(=O)NCc3ccccc3F)C2)nc(N)n1. The Labute approximate surface area is 159 Å². The zero-order chi connectivity index (χ0) is 19.2. The molecule has 2 aromatic rings. The van der Waals surface area contributed by atoms with Crippen LogP contribution in [0.4, 0.5) is 16.2 Å². The predicted octanol–water partition coefficient (Wildman–Crippen LogP) is 2.82. The fourth-order valence-electron chi connectivity index (χ4n) is 3.50. The van der Waals surface area contributed by atoms with Crippen molar-refractivity contribution in [3.8, 4) is 0 Å². The number of aryl methyl sites for hydroxylation is 1.